The van der Waals surface area contributed by atoms with E-state index >= 15 is 0 Å². The first-order chi connectivity index (χ1) is 16.8. The number of nitrogens with zero attached hydrogens (tertiary/aromatic N) is 2. The number of rotatable bonds is 21. The van der Waals surface area contributed by atoms with Gasteiger partial charge in [-0.25, -0.2) is 0 Å². The normalized spacial score (nSPS) is 11.0. The van der Waals surface area contributed by atoms with Gasteiger partial charge >= 0.3 is 0 Å². The summed E-state index contributed by atoms with van der Waals surface area (Å²) < 4.78 is 11.7. The molecule has 4 nitrogen and oxygen atoms in total. The zero-order valence-electron chi connectivity index (χ0n) is 21.9. The molecule has 1 heterocycles. The summed E-state index contributed by atoms with van der Waals surface area (Å²) in [5, 5.41) is 8.59. The fourth-order valence-electron chi connectivity index (χ4n) is 4.11. The van der Waals surface area contributed by atoms with Gasteiger partial charge in [0.05, 0.1) is 18.9 Å². The summed E-state index contributed by atoms with van der Waals surface area (Å²) in [7, 11) is 0. The first kappa shape index (κ1) is 28.1. The minimum absolute atomic E-state index is 0.610. The lowest BCUT2D eigenvalue weighted by Gasteiger charge is -2.08. The van der Waals surface area contributed by atoms with Crippen molar-refractivity contribution in [2.24, 2.45) is 0 Å². The Balaban J connectivity index is 1.56. The number of aromatic nitrogens is 2. The zero-order valence-corrected chi connectivity index (χ0v) is 21.9. The molecule has 2 aromatic rings. The summed E-state index contributed by atoms with van der Waals surface area (Å²) in [5.41, 5.74) is 1.90. The Morgan fingerprint density at radius 1 is 0.500 bits per heavy atom. The van der Waals surface area contributed by atoms with E-state index in [4.69, 9.17) is 9.47 Å². The molecule has 0 fully saturated rings. The summed E-state index contributed by atoms with van der Waals surface area (Å²) >= 11 is 0. The molecule has 190 valence electrons. The van der Waals surface area contributed by atoms with Gasteiger partial charge in [-0.3, -0.25) is 0 Å². The van der Waals surface area contributed by atoms with E-state index in [1.807, 2.05) is 36.4 Å². The summed E-state index contributed by atoms with van der Waals surface area (Å²) in [4.78, 5) is 0. The van der Waals surface area contributed by atoms with E-state index in [-0.39, 0.29) is 0 Å². The third kappa shape index (κ3) is 13.0. The molecule has 1 aromatic carbocycles. The molecular formula is C30H48N2O2. The lowest BCUT2D eigenvalue weighted by atomic mass is 10.1. The lowest BCUT2D eigenvalue weighted by molar-refractivity contribution is 0.290. The Morgan fingerprint density at radius 2 is 1.00 bits per heavy atom. The van der Waals surface area contributed by atoms with Crippen LogP contribution in [0.2, 0.25) is 0 Å². The van der Waals surface area contributed by atoms with Crippen LogP contribution in [0.15, 0.2) is 36.4 Å². The van der Waals surface area contributed by atoms with E-state index < -0.39 is 0 Å². The lowest BCUT2D eigenvalue weighted by Crippen LogP contribution is -2.00. The molecule has 0 atom stereocenters. The average Bonchev–Trinajstić information content (AvgIpc) is 2.87. The standard InChI is InChI=1S/C30H48N2O2/c1-3-5-7-9-11-12-13-14-16-18-26-34-30-24-23-29(31-32-30)27-19-21-28(22-20-27)33-25-17-15-10-8-6-4-2/h19-24H,3-18,25-26H2,1-2H3. The van der Waals surface area contributed by atoms with Crippen molar-refractivity contribution in [2.75, 3.05) is 13.2 Å². The van der Waals surface area contributed by atoms with Crippen molar-refractivity contribution in [3.8, 4) is 22.9 Å². The van der Waals surface area contributed by atoms with Gasteiger partial charge in [0.25, 0.3) is 0 Å². The second kappa shape index (κ2) is 19.2. The quantitative estimate of drug-likeness (QED) is 0.171. The summed E-state index contributed by atoms with van der Waals surface area (Å²) in [6, 6.07) is 12.0. The summed E-state index contributed by atoms with van der Waals surface area (Å²) in [6.45, 7) is 6.03. The van der Waals surface area contributed by atoms with Gasteiger partial charge in [-0.1, -0.05) is 104 Å². The third-order valence-electron chi connectivity index (χ3n) is 6.30. The summed E-state index contributed by atoms with van der Waals surface area (Å²) in [5.74, 6) is 1.53. The molecule has 0 amide bonds. The Kier molecular flexibility index (Phi) is 15.9. The van der Waals surface area contributed by atoms with E-state index in [0.717, 1.165) is 43.1 Å². The van der Waals surface area contributed by atoms with E-state index in [9.17, 15) is 0 Å². The van der Waals surface area contributed by atoms with Gasteiger partial charge in [0.15, 0.2) is 0 Å². The van der Waals surface area contributed by atoms with Crippen molar-refractivity contribution in [1.82, 2.24) is 10.2 Å². The predicted molar refractivity (Wildman–Crippen MR) is 144 cm³/mol. The van der Waals surface area contributed by atoms with Gasteiger partial charge in [-0.2, -0.15) is 0 Å². The van der Waals surface area contributed by atoms with Crippen LogP contribution >= 0.6 is 0 Å². The highest BCUT2D eigenvalue weighted by Gasteiger charge is 2.03. The molecule has 0 bridgehead atoms. The molecule has 0 radical (unpaired) electrons. The highest BCUT2D eigenvalue weighted by molar-refractivity contribution is 5.59. The molecule has 0 saturated heterocycles. The van der Waals surface area contributed by atoms with Crippen LogP contribution in [0.5, 0.6) is 11.6 Å². The molecule has 0 spiro atoms. The maximum absolute atomic E-state index is 5.87. The SMILES string of the molecule is CCCCCCCCCCCCOc1ccc(-c2ccc(OCCCCCCCC)cc2)nn1. The first-order valence-electron chi connectivity index (χ1n) is 14.0. The van der Waals surface area contributed by atoms with Crippen molar-refractivity contribution in [3.05, 3.63) is 36.4 Å². The molecule has 0 saturated carbocycles. The van der Waals surface area contributed by atoms with E-state index in [2.05, 4.69) is 24.0 Å². The third-order valence-corrected chi connectivity index (χ3v) is 6.30. The summed E-state index contributed by atoms with van der Waals surface area (Å²) in [6.07, 6.45) is 20.9. The van der Waals surface area contributed by atoms with Gasteiger partial charge < -0.3 is 9.47 Å². The number of hydrogen-bond acceptors (Lipinski definition) is 4. The van der Waals surface area contributed by atoms with Crippen LogP contribution in [0.1, 0.15) is 117 Å². The van der Waals surface area contributed by atoms with Gasteiger partial charge in [-0.05, 0) is 43.2 Å². The fourth-order valence-corrected chi connectivity index (χ4v) is 4.11. The topological polar surface area (TPSA) is 44.2 Å². The van der Waals surface area contributed by atoms with Gasteiger partial charge in [-0.15, -0.1) is 10.2 Å². The van der Waals surface area contributed by atoms with Crippen LogP contribution < -0.4 is 9.47 Å². The van der Waals surface area contributed by atoms with Crippen molar-refractivity contribution >= 4 is 0 Å². The molecule has 4 heteroatoms. The largest absolute Gasteiger partial charge is 0.494 e. The Morgan fingerprint density at radius 3 is 1.50 bits per heavy atom. The van der Waals surface area contributed by atoms with E-state index in [1.165, 1.54) is 89.9 Å². The zero-order chi connectivity index (χ0) is 24.1. The molecule has 1 aromatic heterocycles. The maximum Gasteiger partial charge on any atom is 0.233 e. The molecule has 2 rings (SSSR count). The second-order valence-electron chi connectivity index (χ2n) is 9.43. The average molecular weight is 469 g/mol. The number of unbranched alkanes of at least 4 members (excludes halogenated alkanes) is 14. The van der Waals surface area contributed by atoms with Crippen LogP contribution in [-0.4, -0.2) is 23.4 Å². The van der Waals surface area contributed by atoms with Gasteiger partial charge in [0, 0.05) is 11.6 Å². The van der Waals surface area contributed by atoms with Crippen molar-refractivity contribution < 1.29 is 9.47 Å². The Bertz CT molecular complexity index is 716. The number of benzene rings is 1. The molecule has 0 N–H and O–H groups in total. The number of ether oxygens (including phenoxy) is 2. The van der Waals surface area contributed by atoms with Gasteiger partial charge in [0.2, 0.25) is 5.88 Å². The fraction of sp³-hybridized carbons (Fsp3) is 0.667. The molecule has 0 aliphatic heterocycles. The van der Waals surface area contributed by atoms with Crippen molar-refractivity contribution in [3.63, 3.8) is 0 Å². The highest BCUT2D eigenvalue weighted by Crippen LogP contribution is 2.22. The van der Waals surface area contributed by atoms with Crippen LogP contribution in [-0.2, 0) is 0 Å². The first-order valence-corrected chi connectivity index (χ1v) is 14.0. The minimum atomic E-state index is 0.610. The number of hydrogen-bond donors (Lipinski definition) is 0. The smallest absolute Gasteiger partial charge is 0.233 e. The van der Waals surface area contributed by atoms with Crippen LogP contribution in [0, 0.1) is 0 Å². The molecular weight excluding hydrogens is 420 g/mol. The minimum Gasteiger partial charge on any atom is -0.494 e. The van der Waals surface area contributed by atoms with Crippen LogP contribution in [0.4, 0.5) is 0 Å². The predicted octanol–water partition coefficient (Wildman–Crippen LogP) is 9.18. The molecule has 34 heavy (non-hydrogen) atoms. The van der Waals surface area contributed by atoms with Crippen molar-refractivity contribution in [2.45, 2.75) is 117 Å². The van der Waals surface area contributed by atoms with E-state index in [1.54, 1.807) is 0 Å². The molecule has 0 aliphatic carbocycles. The van der Waals surface area contributed by atoms with Gasteiger partial charge in [0.1, 0.15) is 5.75 Å². The van der Waals surface area contributed by atoms with Crippen LogP contribution in [0.25, 0.3) is 11.3 Å². The highest BCUT2D eigenvalue weighted by atomic mass is 16.5. The van der Waals surface area contributed by atoms with Crippen molar-refractivity contribution in [1.29, 1.82) is 0 Å². The Labute approximate surface area is 208 Å². The van der Waals surface area contributed by atoms with Crippen LogP contribution in [0.3, 0.4) is 0 Å². The van der Waals surface area contributed by atoms with E-state index in [0.29, 0.717) is 5.88 Å². The molecule has 0 unspecified atom stereocenters. The monoisotopic (exact) mass is 468 g/mol. The Hall–Kier alpha value is -2.10. The second-order valence-corrected chi connectivity index (χ2v) is 9.43. The molecule has 0 aliphatic rings. The maximum atomic E-state index is 5.87.